The molecular formula is C13H24N2O2. The standard InChI is InChI=1S/C13H24N2O2/c1-9-3-2-4-11(12(9)14)13(16)15-10-5-7-17-8-6-10/h9-12H,2-8,14H2,1H3,(H,15,16). The summed E-state index contributed by atoms with van der Waals surface area (Å²) in [6.45, 7) is 3.68. The van der Waals surface area contributed by atoms with E-state index in [0.717, 1.165) is 45.3 Å². The fourth-order valence-electron chi connectivity index (χ4n) is 2.90. The predicted molar refractivity (Wildman–Crippen MR) is 66.5 cm³/mol. The van der Waals surface area contributed by atoms with Gasteiger partial charge in [0.1, 0.15) is 0 Å². The second kappa shape index (κ2) is 5.83. The van der Waals surface area contributed by atoms with Gasteiger partial charge in [-0.25, -0.2) is 0 Å². The zero-order valence-corrected chi connectivity index (χ0v) is 10.7. The van der Waals surface area contributed by atoms with Gasteiger partial charge in [0, 0.05) is 25.3 Å². The second-order valence-corrected chi connectivity index (χ2v) is 5.49. The highest BCUT2D eigenvalue weighted by Gasteiger charge is 2.33. The lowest BCUT2D eigenvalue weighted by molar-refractivity contribution is -0.128. The minimum atomic E-state index is 0.0154. The summed E-state index contributed by atoms with van der Waals surface area (Å²) >= 11 is 0. The fraction of sp³-hybridized carbons (Fsp3) is 0.923. The van der Waals surface area contributed by atoms with Crippen molar-refractivity contribution in [1.82, 2.24) is 5.32 Å². The van der Waals surface area contributed by atoms with Crippen molar-refractivity contribution in [3.8, 4) is 0 Å². The molecule has 1 amide bonds. The van der Waals surface area contributed by atoms with Crippen LogP contribution in [0.2, 0.25) is 0 Å². The molecule has 1 saturated carbocycles. The molecule has 17 heavy (non-hydrogen) atoms. The van der Waals surface area contributed by atoms with Gasteiger partial charge in [-0.3, -0.25) is 4.79 Å². The molecule has 0 aromatic heterocycles. The highest BCUT2D eigenvalue weighted by atomic mass is 16.5. The van der Waals surface area contributed by atoms with E-state index in [9.17, 15) is 4.79 Å². The van der Waals surface area contributed by atoms with Crippen molar-refractivity contribution in [2.24, 2.45) is 17.6 Å². The molecule has 0 radical (unpaired) electrons. The van der Waals surface area contributed by atoms with Gasteiger partial charge in [-0.1, -0.05) is 13.3 Å². The number of carbonyl (C=O) groups is 1. The Morgan fingerprint density at radius 1 is 1.24 bits per heavy atom. The number of carbonyl (C=O) groups excluding carboxylic acids is 1. The first kappa shape index (κ1) is 12.8. The summed E-state index contributed by atoms with van der Waals surface area (Å²) in [5.74, 6) is 0.645. The number of amides is 1. The van der Waals surface area contributed by atoms with Gasteiger partial charge in [-0.2, -0.15) is 0 Å². The molecule has 3 unspecified atom stereocenters. The Kier molecular flexibility index (Phi) is 4.40. The van der Waals surface area contributed by atoms with E-state index in [1.54, 1.807) is 0 Å². The van der Waals surface area contributed by atoms with Crippen LogP contribution in [0, 0.1) is 11.8 Å². The van der Waals surface area contributed by atoms with Gasteiger partial charge in [0.15, 0.2) is 0 Å². The number of hydrogen-bond acceptors (Lipinski definition) is 3. The summed E-state index contributed by atoms with van der Waals surface area (Å²) < 4.78 is 5.29. The van der Waals surface area contributed by atoms with Gasteiger partial charge < -0.3 is 15.8 Å². The monoisotopic (exact) mass is 240 g/mol. The van der Waals surface area contributed by atoms with Crippen LogP contribution < -0.4 is 11.1 Å². The first-order chi connectivity index (χ1) is 8.18. The average molecular weight is 240 g/mol. The Morgan fingerprint density at radius 3 is 2.65 bits per heavy atom. The zero-order valence-electron chi connectivity index (χ0n) is 10.7. The Hall–Kier alpha value is -0.610. The van der Waals surface area contributed by atoms with E-state index in [-0.39, 0.29) is 17.9 Å². The van der Waals surface area contributed by atoms with Gasteiger partial charge in [-0.15, -0.1) is 0 Å². The van der Waals surface area contributed by atoms with Crippen molar-refractivity contribution in [3.05, 3.63) is 0 Å². The molecule has 0 bridgehead atoms. The molecule has 1 saturated heterocycles. The van der Waals surface area contributed by atoms with E-state index in [1.165, 1.54) is 0 Å². The van der Waals surface area contributed by atoms with Crippen molar-refractivity contribution in [3.63, 3.8) is 0 Å². The van der Waals surface area contributed by atoms with Crippen LogP contribution in [0.15, 0.2) is 0 Å². The first-order valence-electron chi connectivity index (χ1n) is 6.82. The number of nitrogens with two attached hydrogens (primary N) is 1. The smallest absolute Gasteiger partial charge is 0.224 e. The van der Waals surface area contributed by atoms with E-state index < -0.39 is 0 Å². The quantitative estimate of drug-likeness (QED) is 0.758. The van der Waals surface area contributed by atoms with Gasteiger partial charge >= 0.3 is 0 Å². The SMILES string of the molecule is CC1CCCC(C(=O)NC2CCOCC2)C1N. The average Bonchev–Trinajstić information content (AvgIpc) is 2.34. The Bertz CT molecular complexity index is 264. The molecular weight excluding hydrogens is 216 g/mol. The minimum absolute atomic E-state index is 0.0154. The normalized spacial score (nSPS) is 35.5. The summed E-state index contributed by atoms with van der Waals surface area (Å²) in [5, 5.41) is 3.14. The van der Waals surface area contributed by atoms with Gasteiger partial charge in [0.25, 0.3) is 0 Å². The van der Waals surface area contributed by atoms with Crippen molar-refractivity contribution >= 4 is 5.91 Å². The van der Waals surface area contributed by atoms with Crippen LogP contribution >= 0.6 is 0 Å². The molecule has 0 aromatic rings. The lowest BCUT2D eigenvalue weighted by Crippen LogP contribution is -2.50. The van der Waals surface area contributed by atoms with Gasteiger partial charge in [0.2, 0.25) is 5.91 Å². The molecule has 2 aliphatic rings. The van der Waals surface area contributed by atoms with Crippen LogP contribution in [0.3, 0.4) is 0 Å². The van der Waals surface area contributed by atoms with Crippen LogP contribution in [0.25, 0.3) is 0 Å². The topological polar surface area (TPSA) is 64.3 Å². The van der Waals surface area contributed by atoms with Crippen molar-refractivity contribution in [2.75, 3.05) is 13.2 Å². The maximum Gasteiger partial charge on any atom is 0.224 e. The van der Waals surface area contributed by atoms with Crippen LogP contribution in [0.5, 0.6) is 0 Å². The molecule has 0 spiro atoms. The fourth-order valence-corrected chi connectivity index (χ4v) is 2.90. The minimum Gasteiger partial charge on any atom is -0.381 e. The van der Waals surface area contributed by atoms with Crippen LogP contribution in [-0.2, 0) is 9.53 Å². The van der Waals surface area contributed by atoms with Crippen molar-refractivity contribution < 1.29 is 9.53 Å². The van der Waals surface area contributed by atoms with Crippen LogP contribution in [0.4, 0.5) is 0 Å². The number of rotatable bonds is 2. The maximum absolute atomic E-state index is 12.2. The zero-order chi connectivity index (χ0) is 12.3. The number of nitrogens with one attached hydrogen (secondary N) is 1. The summed E-state index contributed by atoms with van der Waals surface area (Å²) in [5.41, 5.74) is 6.14. The first-order valence-corrected chi connectivity index (χ1v) is 6.82. The molecule has 4 heteroatoms. The lowest BCUT2D eigenvalue weighted by atomic mass is 9.77. The van der Waals surface area contributed by atoms with Crippen LogP contribution in [0.1, 0.15) is 39.0 Å². The van der Waals surface area contributed by atoms with Gasteiger partial charge in [-0.05, 0) is 31.6 Å². The second-order valence-electron chi connectivity index (χ2n) is 5.49. The Balaban J connectivity index is 1.85. The Labute approximate surface area is 103 Å². The van der Waals surface area contributed by atoms with Gasteiger partial charge in [0.05, 0.1) is 5.92 Å². The third-order valence-corrected chi connectivity index (χ3v) is 4.20. The van der Waals surface area contributed by atoms with Crippen LogP contribution in [-0.4, -0.2) is 31.2 Å². The number of ether oxygens (including phenoxy) is 1. The molecule has 3 N–H and O–H groups in total. The molecule has 1 heterocycles. The van der Waals surface area contributed by atoms with E-state index in [2.05, 4.69) is 12.2 Å². The molecule has 2 rings (SSSR count). The molecule has 3 atom stereocenters. The maximum atomic E-state index is 12.2. The van der Waals surface area contributed by atoms with E-state index in [1.807, 2.05) is 0 Å². The number of hydrogen-bond donors (Lipinski definition) is 2. The molecule has 0 aromatic carbocycles. The Morgan fingerprint density at radius 2 is 1.94 bits per heavy atom. The summed E-state index contributed by atoms with van der Waals surface area (Å²) in [4.78, 5) is 12.2. The third-order valence-electron chi connectivity index (χ3n) is 4.20. The molecule has 4 nitrogen and oxygen atoms in total. The third kappa shape index (κ3) is 3.19. The lowest BCUT2D eigenvalue weighted by Gasteiger charge is -2.34. The largest absolute Gasteiger partial charge is 0.381 e. The summed E-state index contributed by atoms with van der Waals surface area (Å²) in [6.07, 6.45) is 5.09. The van der Waals surface area contributed by atoms with Crippen molar-refractivity contribution in [2.45, 2.75) is 51.1 Å². The molecule has 1 aliphatic carbocycles. The molecule has 2 fully saturated rings. The molecule has 1 aliphatic heterocycles. The predicted octanol–water partition coefficient (Wildman–Crippen LogP) is 1.05. The van der Waals surface area contributed by atoms with E-state index in [0.29, 0.717) is 12.0 Å². The molecule has 98 valence electrons. The highest BCUT2D eigenvalue weighted by Crippen LogP contribution is 2.28. The van der Waals surface area contributed by atoms with Crippen molar-refractivity contribution in [1.29, 1.82) is 0 Å². The highest BCUT2D eigenvalue weighted by molar-refractivity contribution is 5.79. The van der Waals surface area contributed by atoms with E-state index >= 15 is 0 Å². The summed E-state index contributed by atoms with van der Waals surface area (Å²) in [6, 6.07) is 0.323. The van der Waals surface area contributed by atoms with E-state index in [4.69, 9.17) is 10.5 Å². The summed E-state index contributed by atoms with van der Waals surface area (Å²) in [7, 11) is 0.